The lowest BCUT2D eigenvalue weighted by molar-refractivity contribution is 0.257. The van der Waals surface area contributed by atoms with E-state index in [1.165, 1.54) is 0 Å². The van der Waals surface area contributed by atoms with Crippen LogP contribution >= 0.6 is 27.5 Å². The second-order valence-corrected chi connectivity index (χ2v) is 4.61. The number of rotatable bonds is 1. The minimum atomic E-state index is 0.341. The zero-order chi connectivity index (χ0) is 10.1. The zero-order valence-corrected chi connectivity index (χ0v) is 10.2. The van der Waals surface area contributed by atoms with Crippen molar-refractivity contribution >= 4 is 27.5 Å². The van der Waals surface area contributed by atoms with E-state index in [4.69, 9.17) is 16.3 Å². The monoisotopic (exact) mass is 275 g/mol. The summed E-state index contributed by atoms with van der Waals surface area (Å²) in [7, 11) is 1.95. The van der Waals surface area contributed by atoms with Crippen LogP contribution in [0.4, 0.5) is 0 Å². The molecular weight excluding hydrogens is 265 g/mol. The Hall–Kier alpha value is -0.250. The van der Waals surface area contributed by atoms with Gasteiger partial charge in [-0.05, 0) is 19.2 Å². The van der Waals surface area contributed by atoms with Crippen molar-refractivity contribution in [2.45, 2.75) is 12.5 Å². The van der Waals surface area contributed by atoms with Gasteiger partial charge in [-0.1, -0.05) is 27.5 Å². The molecule has 1 aliphatic rings. The summed E-state index contributed by atoms with van der Waals surface area (Å²) < 4.78 is 6.54. The number of halogens is 2. The molecule has 1 atom stereocenters. The molecule has 14 heavy (non-hydrogen) atoms. The molecule has 4 heteroatoms. The summed E-state index contributed by atoms with van der Waals surface area (Å²) in [6.07, 6.45) is 0.982. The Bertz CT molecular complexity index is 356. The molecule has 2 nitrogen and oxygen atoms in total. The molecule has 76 valence electrons. The molecule has 1 aromatic carbocycles. The molecule has 1 aromatic rings. The van der Waals surface area contributed by atoms with Gasteiger partial charge in [0, 0.05) is 22.5 Å². The van der Waals surface area contributed by atoms with Crippen LogP contribution in [0.15, 0.2) is 16.6 Å². The fourth-order valence-corrected chi connectivity index (χ4v) is 2.61. The van der Waals surface area contributed by atoms with Gasteiger partial charge in [-0.3, -0.25) is 0 Å². The highest BCUT2D eigenvalue weighted by Gasteiger charge is 2.22. The summed E-state index contributed by atoms with van der Waals surface area (Å²) in [5.74, 6) is 0.820. The van der Waals surface area contributed by atoms with E-state index in [0.29, 0.717) is 11.1 Å². The highest BCUT2D eigenvalue weighted by Crippen LogP contribution is 2.39. The Morgan fingerprint density at radius 3 is 3.07 bits per heavy atom. The first kappa shape index (κ1) is 10.3. The highest BCUT2D eigenvalue weighted by atomic mass is 79.9. The third kappa shape index (κ3) is 1.76. The normalized spacial score (nSPS) is 20.1. The van der Waals surface area contributed by atoms with E-state index >= 15 is 0 Å². The maximum atomic E-state index is 6.09. The fraction of sp³-hybridized carbons (Fsp3) is 0.400. The van der Waals surface area contributed by atoms with E-state index in [1.54, 1.807) is 0 Å². The van der Waals surface area contributed by atoms with E-state index < -0.39 is 0 Å². The molecule has 0 radical (unpaired) electrons. The van der Waals surface area contributed by atoms with Crippen LogP contribution in [0.5, 0.6) is 5.75 Å². The molecular formula is C10H11BrClNO. The van der Waals surface area contributed by atoms with Crippen LogP contribution in [0.2, 0.25) is 5.02 Å². The maximum Gasteiger partial charge on any atom is 0.142 e. The molecule has 0 bridgehead atoms. The van der Waals surface area contributed by atoms with E-state index in [9.17, 15) is 0 Å². The van der Waals surface area contributed by atoms with Crippen molar-refractivity contribution in [3.8, 4) is 5.75 Å². The number of hydrogen-bond donors (Lipinski definition) is 1. The van der Waals surface area contributed by atoms with Crippen LogP contribution in [-0.4, -0.2) is 13.7 Å². The average Bonchev–Trinajstić information content (AvgIpc) is 2.17. The third-order valence-corrected chi connectivity index (χ3v) is 3.15. The summed E-state index contributed by atoms with van der Waals surface area (Å²) in [6.45, 7) is 0.722. The zero-order valence-electron chi connectivity index (χ0n) is 7.81. The number of benzene rings is 1. The molecule has 1 unspecified atom stereocenters. The van der Waals surface area contributed by atoms with Gasteiger partial charge in [0.15, 0.2) is 0 Å². The van der Waals surface area contributed by atoms with E-state index in [-0.39, 0.29) is 0 Å². The first-order valence-corrected chi connectivity index (χ1v) is 5.68. The molecule has 1 heterocycles. The first-order chi connectivity index (χ1) is 6.72. The molecule has 1 N–H and O–H groups in total. The Labute approximate surface area is 96.7 Å². The van der Waals surface area contributed by atoms with Crippen LogP contribution in [0.25, 0.3) is 0 Å². The van der Waals surface area contributed by atoms with Crippen LogP contribution in [0, 0.1) is 0 Å². The topological polar surface area (TPSA) is 21.3 Å². The quantitative estimate of drug-likeness (QED) is 0.851. The van der Waals surface area contributed by atoms with Crippen LogP contribution in [0.1, 0.15) is 18.0 Å². The predicted octanol–water partition coefficient (Wildman–Crippen LogP) is 3.15. The number of ether oxygens (including phenoxy) is 1. The number of fused-ring (bicyclic) bond motifs is 1. The van der Waals surface area contributed by atoms with Gasteiger partial charge in [0.1, 0.15) is 5.75 Å². The lowest BCUT2D eigenvalue weighted by Gasteiger charge is -2.26. The Balaban J connectivity index is 2.51. The van der Waals surface area contributed by atoms with Gasteiger partial charge in [-0.15, -0.1) is 0 Å². The van der Waals surface area contributed by atoms with Gasteiger partial charge in [0.25, 0.3) is 0 Å². The highest BCUT2D eigenvalue weighted by molar-refractivity contribution is 9.10. The third-order valence-electron chi connectivity index (χ3n) is 2.41. The summed E-state index contributed by atoms with van der Waals surface area (Å²) in [6, 6.07) is 4.26. The van der Waals surface area contributed by atoms with E-state index in [2.05, 4.69) is 27.3 Å². The SMILES string of the molecule is CNC1CCOc2c(Cl)cc(Br)cc21. The van der Waals surface area contributed by atoms with Gasteiger partial charge >= 0.3 is 0 Å². The van der Waals surface area contributed by atoms with Crippen LogP contribution in [-0.2, 0) is 0 Å². The summed E-state index contributed by atoms with van der Waals surface area (Å²) in [5.41, 5.74) is 1.14. The second-order valence-electron chi connectivity index (χ2n) is 3.28. The van der Waals surface area contributed by atoms with Gasteiger partial charge in [-0.25, -0.2) is 0 Å². The molecule has 0 aliphatic carbocycles. The van der Waals surface area contributed by atoms with Crippen molar-refractivity contribution in [3.63, 3.8) is 0 Å². The summed E-state index contributed by atoms with van der Waals surface area (Å²) >= 11 is 9.52. The number of nitrogens with one attached hydrogen (secondary N) is 1. The largest absolute Gasteiger partial charge is 0.492 e. The summed E-state index contributed by atoms with van der Waals surface area (Å²) in [5, 5.41) is 3.93. The van der Waals surface area contributed by atoms with E-state index in [1.807, 2.05) is 13.1 Å². The van der Waals surface area contributed by atoms with Crippen molar-refractivity contribution in [1.29, 1.82) is 0 Å². The van der Waals surface area contributed by atoms with Gasteiger partial charge < -0.3 is 10.1 Å². The maximum absolute atomic E-state index is 6.09. The van der Waals surface area contributed by atoms with Gasteiger partial charge in [0.2, 0.25) is 0 Å². The van der Waals surface area contributed by atoms with Crippen molar-refractivity contribution in [2.24, 2.45) is 0 Å². The molecule has 2 rings (SSSR count). The molecule has 0 amide bonds. The fourth-order valence-electron chi connectivity index (χ4n) is 1.73. The first-order valence-electron chi connectivity index (χ1n) is 4.51. The van der Waals surface area contributed by atoms with Crippen LogP contribution < -0.4 is 10.1 Å². The minimum Gasteiger partial charge on any atom is -0.492 e. The second kappa shape index (κ2) is 4.09. The molecule has 0 saturated carbocycles. The Kier molecular flexibility index (Phi) is 3.00. The van der Waals surface area contributed by atoms with Crippen molar-refractivity contribution < 1.29 is 4.74 Å². The minimum absolute atomic E-state index is 0.341. The molecule has 1 aliphatic heterocycles. The smallest absolute Gasteiger partial charge is 0.142 e. The molecule has 0 saturated heterocycles. The van der Waals surface area contributed by atoms with Gasteiger partial charge in [-0.2, -0.15) is 0 Å². The van der Waals surface area contributed by atoms with Gasteiger partial charge in [0.05, 0.1) is 11.6 Å². The van der Waals surface area contributed by atoms with Crippen molar-refractivity contribution in [1.82, 2.24) is 5.32 Å². The Morgan fingerprint density at radius 2 is 2.36 bits per heavy atom. The average molecular weight is 277 g/mol. The Morgan fingerprint density at radius 1 is 1.57 bits per heavy atom. The summed E-state index contributed by atoms with van der Waals surface area (Å²) in [4.78, 5) is 0. The van der Waals surface area contributed by atoms with Crippen molar-refractivity contribution in [2.75, 3.05) is 13.7 Å². The standard InChI is InChI=1S/C10H11BrClNO/c1-13-9-2-3-14-10-7(9)4-6(11)5-8(10)12/h4-5,9,13H,2-3H2,1H3. The van der Waals surface area contributed by atoms with E-state index in [0.717, 1.165) is 28.8 Å². The lowest BCUT2D eigenvalue weighted by atomic mass is 10.0. The number of hydrogen-bond acceptors (Lipinski definition) is 2. The predicted molar refractivity (Wildman–Crippen MR) is 61.1 cm³/mol. The molecule has 0 aromatic heterocycles. The van der Waals surface area contributed by atoms with Crippen LogP contribution in [0.3, 0.4) is 0 Å². The lowest BCUT2D eigenvalue weighted by Crippen LogP contribution is -2.24. The molecule has 0 fully saturated rings. The van der Waals surface area contributed by atoms with Crippen molar-refractivity contribution in [3.05, 3.63) is 27.2 Å². The molecule has 0 spiro atoms.